The maximum Gasteiger partial charge on any atom is 0.347 e. The lowest BCUT2D eigenvalue weighted by Crippen LogP contribution is -2.38. The van der Waals surface area contributed by atoms with Gasteiger partial charge in [0.2, 0.25) is 0 Å². The van der Waals surface area contributed by atoms with Gasteiger partial charge in [0, 0.05) is 10.3 Å². The zero-order valence-electron chi connectivity index (χ0n) is 19.4. The predicted octanol–water partition coefficient (Wildman–Crippen LogP) is 6.11. The van der Waals surface area contributed by atoms with Crippen molar-refractivity contribution >= 4 is 46.3 Å². The quantitative estimate of drug-likeness (QED) is 0.243. The number of hydrogen-bond donors (Lipinski definition) is 1. The summed E-state index contributed by atoms with van der Waals surface area (Å²) in [6.07, 6.45) is 6.46. The van der Waals surface area contributed by atoms with E-state index in [2.05, 4.69) is 0 Å². The van der Waals surface area contributed by atoms with E-state index < -0.39 is 11.6 Å². The number of carbonyl (C=O) groups excluding carboxylic acids is 2. The van der Waals surface area contributed by atoms with Crippen LogP contribution in [0, 0.1) is 13.8 Å². The molecule has 172 valence electrons. The highest BCUT2D eigenvalue weighted by atomic mass is 32.2. The van der Waals surface area contributed by atoms with Gasteiger partial charge in [-0.25, -0.2) is 4.79 Å². The summed E-state index contributed by atoms with van der Waals surface area (Å²) in [7, 11) is 0. The number of carboxylic acid groups (broad SMARTS) is 1. The number of benzene rings is 2. The van der Waals surface area contributed by atoms with Crippen LogP contribution in [0.5, 0.6) is 5.75 Å². The average Bonchev–Trinajstić information content (AvgIpc) is 3.19. The number of aliphatic carboxylic acids is 1. The highest BCUT2D eigenvalue weighted by Gasteiger charge is 2.30. The average molecular weight is 467 g/mol. The summed E-state index contributed by atoms with van der Waals surface area (Å²) in [6, 6.07) is 7.19. The van der Waals surface area contributed by atoms with Gasteiger partial charge in [0.25, 0.3) is 0 Å². The molecule has 0 saturated heterocycles. The Hall–Kier alpha value is -3.32. The second-order valence-corrected chi connectivity index (χ2v) is 9.17. The van der Waals surface area contributed by atoms with Crippen LogP contribution < -0.4 is 4.74 Å². The van der Waals surface area contributed by atoms with E-state index in [1.807, 2.05) is 38.3 Å². The monoisotopic (exact) mass is 466 g/mol. The minimum absolute atomic E-state index is 0.122. The predicted molar refractivity (Wildman–Crippen MR) is 130 cm³/mol. The van der Waals surface area contributed by atoms with Crippen LogP contribution in [0.3, 0.4) is 0 Å². The van der Waals surface area contributed by atoms with Crippen molar-refractivity contribution < 1.29 is 28.6 Å². The minimum atomic E-state index is -1.36. The summed E-state index contributed by atoms with van der Waals surface area (Å²) in [4.78, 5) is 37.2. The lowest BCUT2D eigenvalue weighted by Gasteiger charge is -2.24. The van der Waals surface area contributed by atoms with Crippen molar-refractivity contribution in [3.63, 3.8) is 0 Å². The van der Waals surface area contributed by atoms with Crippen LogP contribution in [-0.4, -0.2) is 34.5 Å². The van der Waals surface area contributed by atoms with Crippen molar-refractivity contribution in [1.82, 2.24) is 0 Å². The van der Waals surface area contributed by atoms with Gasteiger partial charge in [-0.05, 0) is 87.9 Å². The number of Topliss-reactive ketones (excluding diaryl/α,β-unsaturated/α-hetero) is 1. The topological polar surface area (TPSA) is 93.8 Å². The van der Waals surface area contributed by atoms with Gasteiger partial charge in [-0.15, -0.1) is 11.8 Å². The number of carbonyl (C=O) groups is 3. The third-order valence-electron chi connectivity index (χ3n) is 5.33. The van der Waals surface area contributed by atoms with Crippen LogP contribution in [0.2, 0.25) is 0 Å². The van der Waals surface area contributed by atoms with Gasteiger partial charge in [-0.3, -0.25) is 9.59 Å². The molecule has 0 spiro atoms. The number of furan rings is 1. The molecule has 3 aromatic rings. The number of rotatable bonds is 8. The summed E-state index contributed by atoms with van der Waals surface area (Å²) < 4.78 is 11.4. The molecule has 0 aliphatic heterocycles. The maximum atomic E-state index is 13.0. The Morgan fingerprint density at radius 3 is 2.27 bits per heavy atom. The van der Waals surface area contributed by atoms with Crippen molar-refractivity contribution in [2.75, 3.05) is 6.26 Å². The maximum absolute atomic E-state index is 13.0. The van der Waals surface area contributed by atoms with Crippen LogP contribution in [-0.2, 0) is 4.79 Å². The summed E-state index contributed by atoms with van der Waals surface area (Å²) in [5.74, 6) is -0.920. The van der Waals surface area contributed by atoms with E-state index in [9.17, 15) is 19.5 Å². The Balaban J connectivity index is 1.94. The zero-order chi connectivity index (χ0) is 24.5. The lowest BCUT2D eigenvalue weighted by molar-refractivity contribution is -0.152. The smallest absolute Gasteiger partial charge is 0.347 e. The molecule has 2 aromatic carbocycles. The molecule has 0 fully saturated rings. The molecule has 3 rings (SSSR count). The fraction of sp³-hybridized carbons (Fsp3) is 0.269. The van der Waals surface area contributed by atoms with Crippen molar-refractivity contribution in [2.45, 2.75) is 45.1 Å². The fourth-order valence-electron chi connectivity index (χ4n) is 3.54. The largest absolute Gasteiger partial charge is 0.478 e. The zero-order valence-corrected chi connectivity index (χ0v) is 20.3. The molecular formula is C26H26O6S. The molecular weight excluding hydrogens is 440 g/mol. The van der Waals surface area contributed by atoms with Crippen molar-refractivity contribution in [1.29, 1.82) is 0 Å². The number of hydrogen-bond acceptors (Lipinski definition) is 6. The van der Waals surface area contributed by atoms with E-state index in [4.69, 9.17) is 9.15 Å². The molecule has 0 atom stereocenters. The van der Waals surface area contributed by atoms with Crippen LogP contribution in [0.4, 0.5) is 0 Å². The van der Waals surface area contributed by atoms with Gasteiger partial charge in [0.1, 0.15) is 17.6 Å². The number of fused-ring (bicyclic) bond motifs is 1. The first-order chi connectivity index (χ1) is 15.5. The molecule has 1 aromatic heterocycles. The van der Waals surface area contributed by atoms with Crippen LogP contribution >= 0.6 is 11.8 Å². The van der Waals surface area contributed by atoms with E-state index in [1.54, 1.807) is 12.1 Å². The molecule has 1 N–H and O–H groups in total. The third-order valence-corrected chi connectivity index (χ3v) is 6.11. The number of allylic oxidation sites excluding steroid dienone is 1. The van der Waals surface area contributed by atoms with Gasteiger partial charge < -0.3 is 14.3 Å². The van der Waals surface area contributed by atoms with Crippen molar-refractivity contribution in [2.24, 2.45) is 0 Å². The van der Waals surface area contributed by atoms with Crippen molar-refractivity contribution in [3.05, 3.63) is 64.4 Å². The van der Waals surface area contributed by atoms with Gasteiger partial charge in [-0.1, -0.05) is 6.08 Å². The fourth-order valence-corrected chi connectivity index (χ4v) is 4.15. The summed E-state index contributed by atoms with van der Waals surface area (Å²) in [6.45, 7) is 8.12. The molecule has 0 aliphatic carbocycles. The molecule has 0 unspecified atom stereocenters. The van der Waals surface area contributed by atoms with Gasteiger partial charge in [0.15, 0.2) is 17.2 Å². The van der Waals surface area contributed by atoms with Crippen molar-refractivity contribution in [3.8, 4) is 5.75 Å². The molecule has 0 bridgehead atoms. The molecule has 7 heteroatoms. The van der Waals surface area contributed by atoms with Crippen LogP contribution in [0.15, 0.2) is 45.9 Å². The standard InChI is InChI=1S/C26H26O6S/c1-14-11-17(12-15(2)23(14)32-26(4,5)25(29)30)7-9-20(28)18-8-10-21(33-6)22-19(16(3)27)13-31-24(18)22/h7-13H,1-6H3,(H,29,30)/b9-7+. The van der Waals surface area contributed by atoms with E-state index in [0.717, 1.165) is 21.6 Å². The molecule has 33 heavy (non-hydrogen) atoms. The number of ether oxygens (including phenoxy) is 1. The number of ketones is 2. The Morgan fingerprint density at radius 2 is 1.73 bits per heavy atom. The Labute approximate surface area is 196 Å². The Kier molecular flexibility index (Phi) is 6.84. The Bertz CT molecular complexity index is 1270. The second kappa shape index (κ2) is 9.27. The summed E-state index contributed by atoms with van der Waals surface area (Å²) in [5, 5.41) is 9.99. The normalized spacial score (nSPS) is 11.8. The lowest BCUT2D eigenvalue weighted by atomic mass is 10.0. The molecule has 0 radical (unpaired) electrons. The van der Waals surface area contributed by atoms with Gasteiger partial charge in [-0.2, -0.15) is 0 Å². The third kappa shape index (κ3) is 4.88. The Morgan fingerprint density at radius 1 is 1.09 bits per heavy atom. The SMILES string of the molecule is CSc1ccc(C(=O)/C=C/c2cc(C)c(OC(C)(C)C(=O)O)c(C)c2)c2occ(C(C)=O)c12. The minimum Gasteiger partial charge on any atom is -0.478 e. The summed E-state index contributed by atoms with van der Waals surface area (Å²) >= 11 is 1.49. The molecule has 0 amide bonds. The van der Waals surface area contributed by atoms with Gasteiger partial charge >= 0.3 is 5.97 Å². The molecule has 6 nitrogen and oxygen atoms in total. The first-order valence-electron chi connectivity index (χ1n) is 10.3. The number of thioether (sulfide) groups is 1. The van der Waals surface area contributed by atoms with E-state index in [1.165, 1.54) is 44.9 Å². The highest BCUT2D eigenvalue weighted by molar-refractivity contribution is 7.98. The summed E-state index contributed by atoms with van der Waals surface area (Å²) in [5.41, 5.74) is 2.18. The second-order valence-electron chi connectivity index (χ2n) is 8.32. The molecule has 0 saturated carbocycles. The number of aryl methyl sites for hydroxylation is 2. The molecule has 0 aliphatic rings. The van der Waals surface area contributed by atoms with E-state index in [-0.39, 0.29) is 11.6 Å². The molecule has 1 heterocycles. The van der Waals surface area contributed by atoms with Gasteiger partial charge in [0.05, 0.1) is 11.1 Å². The van der Waals surface area contributed by atoms with E-state index >= 15 is 0 Å². The number of carboxylic acids is 1. The highest BCUT2D eigenvalue weighted by Crippen LogP contribution is 2.34. The van der Waals surface area contributed by atoms with E-state index in [0.29, 0.717) is 27.8 Å². The first kappa shape index (κ1) is 24.3. The van der Waals surface area contributed by atoms with Crippen LogP contribution in [0.25, 0.3) is 17.0 Å². The first-order valence-corrected chi connectivity index (χ1v) is 11.5. The van der Waals surface area contributed by atoms with Crippen LogP contribution in [0.1, 0.15) is 58.2 Å².